The Morgan fingerprint density at radius 3 is 2.43 bits per heavy atom. The number of hydrogen-bond donors (Lipinski definition) is 1. The molecule has 0 radical (unpaired) electrons. The Kier molecular flexibility index (Phi) is 6.38. The molecule has 186 valence electrons. The SMILES string of the molecule is Cn1c(Cn2ccc(C(F)(F)F)c(Oc3cc(C#N)cc(-c4ccc(F)c(C#N)c4)c3)c2=O)n[nH]c1=O. The molecule has 0 bridgehead atoms. The molecule has 0 aliphatic heterocycles. The van der Waals surface area contributed by atoms with Gasteiger partial charge in [-0.1, -0.05) is 6.07 Å². The van der Waals surface area contributed by atoms with E-state index < -0.39 is 34.6 Å². The number of benzene rings is 2. The largest absolute Gasteiger partial charge is 0.451 e. The molecule has 4 aromatic rings. The van der Waals surface area contributed by atoms with Crippen LogP contribution >= 0.6 is 0 Å². The molecule has 4 rings (SSSR count). The summed E-state index contributed by atoms with van der Waals surface area (Å²) in [7, 11) is 1.37. The minimum absolute atomic E-state index is 0.0216. The molecular weight excluding hydrogens is 496 g/mol. The Balaban J connectivity index is 1.83. The Hall–Kier alpha value is -5.17. The van der Waals surface area contributed by atoms with Crippen LogP contribution in [0.25, 0.3) is 11.1 Å². The second-order valence-electron chi connectivity index (χ2n) is 7.76. The average molecular weight is 510 g/mol. The van der Waals surface area contributed by atoms with Crippen LogP contribution in [0.1, 0.15) is 22.5 Å². The van der Waals surface area contributed by atoms with Crippen molar-refractivity contribution in [3.63, 3.8) is 0 Å². The quantitative estimate of drug-likeness (QED) is 0.408. The summed E-state index contributed by atoms with van der Waals surface area (Å²) in [5.41, 5.74) is -2.87. The van der Waals surface area contributed by atoms with E-state index in [1.165, 1.54) is 31.3 Å². The highest BCUT2D eigenvalue weighted by molar-refractivity contribution is 5.69. The first-order chi connectivity index (χ1) is 17.5. The maximum Gasteiger partial charge on any atom is 0.420 e. The number of hydrogen-bond acceptors (Lipinski definition) is 6. The van der Waals surface area contributed by atoms with Crippen LogP contribution in [0.3, 0.4) is 0 Å². The number of halogens is 4. The molecule has 2 aromatic carbocycles. The first-order valence-electron chi connectivity index (χ1n) is 10.4. The number of aromatic nitrogens is 4. The third-order valence-corrected chi connectivity index (χ3v) is 5.39. The van der Waals surface area contributed by atoms with Gasteiger partial charge in [-0.2, -0.15) is 28.8 Å². The van der Waals surface area contributed by atoms with Gasteiger partial charge in [-0.3, -0.25) is 9.36 Å². The molecule has 0 fully saturated rings. The van der Waals surface area contributed by atoms with Gasteiger partial charge >= 0.3 is 11.9 Å². The van der Waals surface area contributed by atoms with E-state index in [9.17, 15) is 32.4 Å². The number of nitrogens with zero attached hydrogens (tertiary/aromatic N) is 5. The van der Waals surface area contributed by atoms with Gasteiger partial charge in [0.2, 0.25) is 5.75 Å². The van der Waals surface area contributed by atoms with E-state index in [1.807, 2.05) is 6.07 Å². The fraction of sp³-hybridized carbons (Fsp3) is 0.125. The van der Waals surface area contributed by atoms with E-state index in [-0.39, 0.29) is 34.8 Å². The number of nitriles is 2. The Morgan fingerprint density at radius 2 is 1.81 bits per heavy atom. The van der Waals surface area contributed by atoms with E-state index in [1.54, 1.807) is 6.07 Å². The van der Waals surface area contributed by atoms with Crippen molar-refractivity contribution in [1.29, 1.82) is 10.5 Å². The van der Waals surface area contributed by atoms with Crippen molar-refractivity contribution in [3.8, 4) is 34.8 Å². The maximum atomic E-state index is 13.8. The molecule has 9 nitrogen and oxygen atoms in total. The van der Waals surface area contributed by atoms with Gasteiger partial charge in [0.15, 0.2) is 5.82 Å². The number of rotatable bonds is 5. The van der Waals surface area contributed by atoms with Gasteiger partial charge in [-0.25, -0.2) is 14.3 Å². The third-order valence-electron chi connectivity index (χ3n) is 5.39. The van der Waals surface area contributed by atoms with E-state index in [4.69, 9.17) is 10.00 Å². The van der Waals surface area contributed by atoms with E-state index in [0.717, 1.165) is 27.5 Å². The van der Waals surface area contributed by atoms with Gasteiger partial charge in [0, 0.05) is 13.2 Å². The molecule has 13 heteroatoms. The van der Waals surface area contributed by atoms with Gasteiger partial charge in [0.1, 0.15) is 23.2 Å². The van der Waals surface area contributed by atoms with Crippen molar-refractivity contribution in [2.45, 2.75) is 12.7 Å². The van der Waals surface area contributed by atoms with Crippen molar-refractivity contribution >= 4 is 0 Å². The van der Waals surface area contributed by atoms with Crippen molar-refractivity contribution in [1.82, 2.24) is 19.3 Å². The van der Waals surface area contributed by atoms with Gasteiger partial charge in [-0.05, 0) is 47.5 Å². The summed E-state index contributed by atoms with van der Waals surface area (Å²) in [6, 6.07) is 11.5. The Bertz CT molecular complexity index is 1720. The fourth-order valence-corrected chi connectivity index (χ4v) is 3.47. The molecule has 0 amide bonds. The summed E-state index contributed by atoms with van der Waals surface area (Å²) in [6.07, 6.45) is -4.06. The monoisotopic (exact) mass is 510 g/mol. The molecule has 0 saturated heterocycles. The highest BCUT2D eigenvalue weighted by Crippen LogP contribution is 2.37. The molecule has 0 unspecified atom stereocenters. The smallest absolute Gasteiger partial charge is 0.420 e. The number of pyridine rings is 1. The lowest BCUT2D eigenvalue weighted by atomic mass is 10.0. The summed E-state index contributed by atoms with van der Waals surface area (Å²) in [4.78, 5) is 24.7. The van der Waals surface area contributed by atoms with Crippen molar-refractivity contribution in [2.24, 2.45) is 7.05 Å². The number of H-pyrrole nitrogens is 1. The highest BCUT2D eigenvalue weighted by Gasteiger charge is 2.36. The molecule has 0 aliphatic rings. The molecule has 0 atom stereocenters. The standard InChI is InChI=1S/C24H14F4N6O3/c1-33-20(31-32-23(33)36)12-34-5-4-18(24(26,27)28)21(22(34)35)37-17-7-13(10-29)6-15(9-17)14-2-3-19(25)16(8-14)11-30/h2-9H,12H2,1H3,(H,32,36). The Morgan fingerprint density at radius 1 is 1.05 bits per heavy atom. The highest BCUT2D eigenvalue weighted by atomic mass is 19.4. The molecule has 0 saturated carbocycles. The average Bonchev–Trinajstić information content (AvgIpc) is 3.17. The summed E-state index contributed by atoms with van der Waals surface area (Å²) in [6.45, 7) is -0.335. The van der Waals surface area contributed by atoms with E-state index in [0.29, 0.717) is 11.6 Å². The van der Waals surface area contributed by atoms with E-state index >= 15 is 0 Å². The fourth-order valence-electron chi connectivity index (χ4n) is 3.47. The normalized spacial score (nSPS) is 11.1. The summed E-state index contributed by atoms with van der Waals surface area (Å²) < 4.78 is 62.4. The lowest BCUT2D eigenvalue weighted by molar-refractivity contribution is -0.138. The molecule has 2 aromatic heterocycles. The molecule has 0 aliphatic carbocycles. The number of aromatic amines is 1. The summed E-state index contributed by atoms with van der Waals surface area (Å²) in [5, 5.41) is 24.4. The number of nitrogens with one attached hydrogen (secondary N) is 1. The first-order valence-corrected chi connectivity index (χ1v) is 10.4. The molecule has 2 heterocycles. The number of alkyl halides is 3. The van der Waals surface area contributed by atoms with Crippen LogP contribution in [0.5, 0.6) is 11.5 Å². The van der Waals surface area contributed by atoms with Crippen molar-refractivity contribution < 1.29 is 22.3 Å². The zero-order valence-electron chi connectivity index (χ0n) is 18.8. The van der Waals surface area contributed by atoms with Crippen LogP contribution in [-0.2, 0) is 19.8 Å². The number of ether oxygens (including phenoxy) is 1. The van der Waals surface area contributed by atoms with Crippen LogP contribution in [0.2, 0.25) is 0 Å². The van der Waals surface area contributed by atoms with Crippen LogP contribution in [0, 0.1) is 28.5 Å². The van der Waals surface area contributed by atoms with E-state index in [2.05, 4.69) is 10.2 Å². The van der Waals surface area contributed by atoms with Crippen LogP contribution < -0.4 is 16.0 Å². The maximum absolute atomic E-state index is 13.8. The molecule has 0 spiro atoms. The molecule has 37 heavy (non-hydrogen) atoms. The van der Waals surface area contributed by atoms with Crippen LogP contribution in [-0.4, -0.2) is 19.3 Å². The molecule has 1 N–H and O–H groups in total. The summed E-state index contributed by atoms with van der Waals surface area (Å²) in [5.74, 6) is -2.03. The van der Waals surface area contributed by atoms with Crippen molar-refractivity contribution in [2.75, 3.05) is 0 Å². The van der Waals surface area contributed by atoms with Gasteiger partial charge < -0.3 is 9.30 Å². The minimum Gasteiger partial charge on any atom is -0.451 e. The lowest BCUT2D eigenvalue weighted by Crippen LogP contribution is -2.26. The second kappa shape index (κ2) is 9.47. The van der Waals surface area contributed by atoms with Gasteiger partial charge in [0.05, 0.1) is 23.7 Å². The topological polar surface area (TPSA) is 129 Å². The lowest BCUT2D eigenvalue weighted by Gasteiger charge is -2.16. The summed E-state index contributed by atoms with van der Waals surface area (Å²) >= 11 is 0. The third kappa shape index (κ3) is 4.97. The Labute approximate surface area is 205 Å². The minimum atomic E-state index is -4.96. The zero-order chi connectivity index (χ0) is 26.9. The first kappa shape index (κ1) is 24.9. The predicted molar refractivity (Wildman–Crippen MR) is 120 cm³/mol. The zero-order valence-corrected chi connectivity index (χ0v) is 18.8. The predicted octanol–water partition coefficient (Wildman–Crippen LogP) is 3.68. The van der Waals surface area contributed by atoms with Crippen LogP contribution in [0.4, 0.5) is 17.6 Å². The van der Waals surface area contributed by atoms with Gasteiger partial charge in [-0.15, -0.1) is 0 Å². The van der Waals surface area contributed by atoms with Crippen molar-refractivity contribution in [3.05, 3.63) is 97.8 Å². The second-order valence-corrected chi connectivity index (χ2v) is 7.76. The molecular formula is C24H14F4N6O3. The van der Waals surface area contributed by atoms with Gasteiger partial charge in [0.25, 0.3) is 5.56 Å². The van der Waals surface area contributed by atoms with Crippen LogP contribution in [0.15, 0.2) is 58.3 Å².